The molecule has 0 fully saturated rings. The summed E-state index contributed by atoms with van der Waals surface area (Å²) >= 11 is 0. The zero-order valence-electron chi connectivity index (χ0n) is 12.3. The van der Waals surface area contributed by atoms with E-state index in [1.54, 1.807) is 6.20 Å². The number of nitrogens with one attached hydrogen (secondary N) is 1. The van der Waals surface area contributed by atoms with E-state index < -0.39 is 0 Å². The van der Waals surface area contributed by atoms with Crippen LogP contribution in [0.5, 0.6) is 11.6 Å². The van der Waals surface area contributed by atoms with Crippen LogP contribution in [0, 0.1) is 0 Å². The second-order valence-corrected chi connectivity index (χ2v) is 4.74. The molecule has 0 unspecified atom stereocenters. The Kier molecular flexibility index (Phi) is 4.96. The highest BCUT2D eigenvalue weighted by Gasteiger charge is 2.06. The smallest absolute Gasteiger partial charge is 0.223 e. The fraction of sp³-hybridized carbons (Fsp3) is 0.312. The van der Waals surface area contributed by atoms with E-state index in [0.717, 1.165) is 30.1 Å². The van der Waals surface area contributed by atoms with Gasteiger partial charge in [-0.1, -0.05) is 19.1 Å². The van der Waals surface area contributed by atoms with E-state index in [1.165, 1.54) is 0 Å². The Balaban J connectivity index is 2.19. The summed E-state index contributed by atoms with van der Waals surface area (Å²) in [4.78, 5) is 6.37. The van der Waals surface area contributed by atoms with Crippen molar-refractivity contribution in [1.29, 1.82) is 0 Å². The predicted octanol–water partition coefficient (Wildman–Crippen LogP) is 3.05. The SMILES string of the molecule is CCNCc1cccnc1Oc1cccc(N(C)C)c1. The van der Waals surface area contributed by atoms with Crippen LogP contribution in [0.3, 0.4) is 0 Å². The molecule has 0 aliphatic heterocycles. The molecule has 0 saturated heterocycles. The highest BCUT2D eigenvalue weighted by molar-refractivity contribution is 5.50. The van der Waals surface area contributed by atoms with E-state index in [-0.39, 0.29) is 0 Å². The summed E-state index contributed by atoms with van der Waals surface area (Å²) in [5.74, 6) is 1.46. The molecular formula is C16H21N3O. The lowest BCUT2D eigenvalue weighted by atomic mass is 10.2. The lowest BCUT2D eigenvalue weighted by Crippen LogP contribution is -2.12. The summed E-state index contributed by atoms with van der Waals surface area (Å²) < 4.78 is 5.92. The van der Waals surface area contributed by atoms with E-state index >= 15 is 0 Å². The van der Waals surface area contributed by atoms with Gasteiger partial charge in [-0.05, 0) is 24.7 Å². The van der Waals surface area contributed by atoms with Crippen molar-refractivity contribution in [3.63, 3.8) is 0 Å². The van der Waals surface area contributed by atoms with Gasteiger partial charge in [-0.2, -0.15) is 0 Å². The lowest BCUT2D eigenvalue weighted by Gasteiger charge is -2.14. The maximum Gasteiger partial charge on any atom is 0.223 e. The molecule has 20 heavy (non-hydrogen) atoms. The molecule has 0 aliphatic rings. The Hall–Kier alpha value is -2.07. The van der Waals surface area contributed by atoms with Crippen LogP contribution in [0.1, 0.15) is 12.5 Å². The van der Waals surface area contributed by atoms with Gasteiger partial charge in [0, 0.05) is 44.2 Å². The Morgan fingerprint density at radius 1 is 1.20 bits per heavy atom. The molecular weight excluding hydrogens is 250 g/mol. The van der Waals surface area contributed by atoms with Crippen molar-refractivity contribution in [2.75, 3.05) is 25.5 Å². The van der Waals surface area contributed by atoms with E-state index in [9.17, 15) is 0 Å². The molecule has 0 spiro atoms. The summed E-state index contributed by atoms with van der Waals surface area (Å²) in [6.07, 6.45) is 1.75. The first-order valence-corrected chi connectivity index (χ1v) is 6.80. The molecule has 0 radical (unpaired) electrons. The van der Waals surface area contributed by atoms with E-state index in [4.69, 9.17) is 4.74 Å². The minimum atomic E-state index is 0.657. The number of nitrogens with zero attached hydrogens (tertiary/aromatic N) is 2. The van der Waals surface area contributed by atoms with Gasteiger partial charge in [-0.25, -0.2) is 4.98 Å². The van der Waals surface area contributed by atoms with Crippen molar-refractivity contribution in [2.24, 2.45) is 0 Å². The van der Waals surface area contributed by atoms with E-state index in [2.05, 4.69) is 17.2 Å². The number of anilines is 1. The van der Waals surface area contributed by atoms with Crippen LogP contribution in [0.4, 0.5) is 5.69 Å². The van der Waals surface area contributed by atoms with Gasteiger partial charge in [0.2, 0.25) is 5.88 Å². The summed E-state index contributed by atoms with van der Waals surface area (Å²) in [5, 5.41) is 3.29. The molecule has 0 atom stereocenters. The van der Waals surface area contributed by atoms with E-state index in [0.29, 0.717) is 5.88 Å². The topological polar surface area (TPSA) is 37.4 Å². The first kappa shape index (κ1) is 14.3. The van der Waals surface area contributed by atoms with Crippen LogP contribution in [0.15, 0.2) is 42.6 Å². The Morgan fingerprint density at radius 3 is 2.80 bits per heavy atom. The number of ether oxygens (including phenoxy) is 1. The molecule has 4 nitrogen and oxygen atoms in total. The molecule has 0 aliphatic carbocycles. The first-order chi connectivity index (χ1) is 9.70. The van der Waals surface area contributed by atoms with Gasteiger partial charge in [0.25, 0.3) is 0 Å². The van der Waals surface area contributed by atoms with Crippen molar-refractivity contribution in [3.05, 3.63) is 48.2 Å². The molecule has 4 heteroatoms. The minimum Gasteiger partial charge on any atom is -0.439 e. The third-order valence-electron chi connectivity index (χ3n) is 2.96. The Labute approximate surface area is 120 Å². The van der Waals surface area contributed by atoms with Crippen molar-refractivity contribution in [3.8, 4) is 11.6 Å². The minimum absolute atomic E-state index is 0.657. The molecule has 1 N–H and O–H groups in total. The quantitative estimate of drug-likeness (QED) is 0.876. The second-order valence-electron chi connectivity index (χ2n) is 4.74. The summed E-state index contributed by atoms with van der Waals surface area (Å²) in [7, 11) is 4.02. The summed E-state index contributed by atoms with van der Waals surface area (Å²) in [6.45, 7) is 3.76. The van der Waals surface area contributed by atoms with Crippen LogP contribution >= 0.6 is 0 Å². The summed E-state index contributed by atoms with van der Waals surface area (Å²) in [5.41, 5.74) is 2.16. The molecule has 0 bridgehead atoms. The highest BCUT2D eigenvalue weighted by atomic mass is 16.5. The van der Waals surface area contributed by atoms with Gasteiger partial charge in [-0.3, -0.25) is 0 Å². The standard InChI is InChI=1S/C16H21N3O/c1-4-17-12-13-7-6-10-18-16(13)20-15-9-5-8-14(11-15)19(2)3/h5-11,17H,4,12H2,1-3H3. The number of benzene rings is 1. The molecule has 2 aromatic rings. The zero-order chi connectivity index (χ0) is 14.4. The maximum absolute atomic E-state index is 5.92. The molecule has 2 rings (SSSR count). The van der Waals surface area contributed by atoms with E-state index in [1.807, 2.05) is 55.4 Å². The van der Waals surface area contributed by atoms with Gasteiger partial charge < -0.3 is 15.0 Å². The van der Waals surface area contributed by atoms with Gasteiger partial charge in [-0.15, -0.1) is 0 Å². The fourth-order valence-corrected chi connectivity index (χ4v) is 1.85. The second kappa shape index (κ2) is 6.91. The van der Waals surface area contributed by atoms with Crippen molar-refractivity contribution < 1.29 is 4.74 Å². The van der Waals surface area contributed by atoms with Crippen LogP contribution < -0.4 is 15.0 Å². The number of aromatic nitrogens is 1. The van der Waals surface area contributed by atoms with Crippen LogP contribution in [0.25, 0.3) is 0 Å². The van der Waals surface area contributed by atoms with Gasteiger partial charge in [0.05, 0.1) is 0 Å². The molecule has 1 aromatic heterocycles. The van der Waals surface area contributed by atoms with Gasteiger partial charge >= 0.3 is 0 Å². The molecule has 106 valence electrons. The number of hydrogen-bond donors (Lipinski definition) is 1. The fourth-order valence-electron chi connectivity index (χ4n) is 1.85. The monoisotopic (exact) mass is 271 g/mol. The maximum atomic E-state index is 5.92. The lowest BCUT2D eigenvalue weighted by molar-refractivity contribution is 0.453. The Bertz CT molecular complexity index is 555. The first-order valence-electron chi connectivity index (χ1n) is 6.80. The molecule has 0 saturated carbocycles. The Morgan fingerprint density at radius 2 is 2.05 bits per heavy atom. The third-order valence-corrected chi connectivity index (χ3v) is 2.96. The summed E-state index contributed by atoms with van der Waals surface area (Å²) in [6, 6.07) is 11.9. The van der Waals surface area contributed by atoms with Crippen molar-refractivity contribution >= 4 is 5.69 Å². The van der Waals surface area contributed by atoms with Crippen LogP contribution in [0.2, 0.25) is 0 Å². The van der Waals surface area contributed by atoms with Crippen LogP contribution in [-0.4, -0.2) is 25.6 Å². The average molecular weight is 271 g/mol. The number of pyridine rings is 1. The average Bonchev–Trinajstić information content (AvgIpc) is 2.46. The molecule has 1 heterocycles. The van der Waals surface area contributed by atoms with Gasteiger partial charge in [0.15, 0.2) is 0 Å². The normalized spacial score (nSPS) is 10.3. The van der Waals surface area contributed by atoms with Gasteiger partial charge in [0.1, 0.15) is 5.75 Å². The van der Waals surface area contributed by atoms with Crippen LogP contribution in [-0.2, 0) is 6.54 Å². The highest BCUT2D eigenvalue weighted by Crippen LogP contribution is 2.26. The molecule has 0 amide bonds. The van der Waals surface area contributed by atoms with Crippen molar-refractivity contribution in [2.45, 2.75) is 13.5 Å². The van der Waals surface area contributed by atoms with Crippen molar-refractivity contribution in [1.82, 2.24) is 10.3 Å². The number of rotatable bonds is 6. The zero-order valence-corrected chi connectivity index (χ0v) is 12.3. The predicted molar refractivity (Wildman–Crippen MR) is 82.5 cm³/mol. The largest absolute Gasteiger partial charge is 0.439 e. The molecule has 1 aromatic carbocycles. The number of hydrogen-bond acceptors (Lipinski definition) is 4. The third kappa shape index (κ3) is 3.71.